The molecule has 4 heterocycles. The van der Waals surface area contributed by atoms with Gasteiger partial charge in [0.1, 0.15) is 0 Å². The Kier molecular flexibility index (Phi) is 4.74. The van der Waals surface area contributed by atoms with E-state index in [1.54, 1.807) is 17.9 Å². The van der Waals surface area contributed by atoms with Crippen LogP contribution in [0.3, 0.4) is 0 Å². The van der Waals surface area contributed by atoms with Gasteiger partial charge in [-0.1, -0.05) is 59.8 Å². The van der Waals surface area contributed by atoms with Gasteiger partial charge in [0, 0.05) is 31.0 Å². The zero-order chi connectivity index (χ0) is 26.1. The highest BCUT2D eigenvalue weighted by Gasteiger charge is 2.55. The zero-order valence-electron chi connectivity index (χ0n) is 20.4. The number of hydrogen-bond donors (Lipinski definition) is 1. The van der Waals surface area contributed by atoms with Gasteiger partial charge >= 0.3 is 0 Å². The Balaban J connectivity index is 1.42. The largest absolute Gasteiger partial charge is 0.321 e. The summed E-state index contributed by atoms with van der Waals surface area (Å²) in [6, 6.07) is 23.3. The Bertz CT molecular complexity index is 1820. The van der Waals surface area contributed by atoms with E-state index in [0.717, 1.165) is 33.4 Å². The normalized spacial score (nSPS) is 16.1. The third-order valence-corrected chi connectivity index (χ3v) is 7.15. The minimum absolute atomic E-state index is 0.341. The third-order valence-electron chi connectivity index (χ3n) is 7.15. The van der Waals surface area contributed by atoms with Crippen molar-refractivity contribution in [1.82, 2.24) is 34.6 Å². The summed E-state index contributed by atoms with van der Waals surface area (Å²) < 4.78 is 30.7. The fourth-order valence-corrected chi connectivity index (χ4v) is 5.32. The number of aryl methyl sites for hydroxylation is 1. The van der Waals surface area contributed by atoms with Crippen molar-refractivity contribution in [2.24, 2.45) is 12.8 Å². The number of nitrogens with two attached hydrogens (primary N) is 1. The van der Waals surface area contributed by atoms with E-state index >= 15 is 0 Å². The van der Waals surface area contributed by atoms with Gasteiger partial charge in [-0.3, -0.25) is 9.08 Å². The van der Waals surface area contributed by atoms with Crippen LogP contribution in [0.15, 0.2) is 79.0 Å². The molecule has 188 valence electrons. The van der Waals surface area contributed by atoms with Crippen molar-refractivity contribution < 1.29 is 8.78 Å². The molecule has 0 aliphatic heterocycles. The second kappa shape index (κ2) is 7.96. The lowest BCUT2D eigenvalue weighted by atomic mass is 9.70. The molecule has 0 saturated heterocycles. The number of nitrogens with zero attached hydrogens (tertiary/aromatic N) is 7. The topological polar surface area (TPSA) is 99.8 Å². The summed E-state index contributed by atoms with van der Waals surface area (Å²) in [5.41, 5.74) is 12.3. The molecule has 7 rings (SSSR count). The summed E-state index contributed by atoms with van der Waals surface area (Å²) in [7, 11) is 1.80. The summed E-state index contributed by atoms with van der Waals surface area (Å²) in [6.45, 7) is 0. The Morgan fingerprint density at radius 1 is 0.868 bits per heavy atom. The van der Waals surface area contributed by atoms with E-state index in [4.69, 9.17) is 10.7 Å². The van der Waals surface area contributed by atoms with Crippen LogP contribution >= 0.6 is 0 Å². The molecule has 0 bridgehead atoms. The first kappa shape index (κ1) is 22.6. The molecule has 1 fully saturated rings. The molecule has 1 saturated carbocycles. The molecule has 0 atom stereocenters. The van der Waals surface area contributed by atoms with Gasteiger partial charge in [-0.15, -0.1) is 15.3 Å². The smallest absolute Gasteiger partial charge is 0.252 e. The Morgan fingerprint density at radius 2 is 1.63 bits per heavy atom. The van der Waals surface area contributed by atoms with Gasteiger partial charge in [-0.2, -0.15) is 0 Å². The van der Waals surface area contributed by atoms with E-state index in [-0.39, 0.29) is 12.8 Å². The second-order valence-electron chi connectivity index (χ2n) is 9.93. The van der Waals surface area contributed by atoms with E-state index in [9.17, 15) is 8.78 Å². The summed E-state index contributed by atoms with van der Waals surface area (Å²) in [4.78, 5) is 5.07. The van der Waals surface area contributed by atoms with Gasteiger partial charge in [0.15, 0.2) is 17.2 Å². The molecule has 0 radical (unpaired) electrons. The minimum Gasteiger partial charge on any atom is -0.321 e. The van der Waals surface area contributed by atoms with Crippen LogP contribution in [0.2, 0.25) is 0 Å². The fraction of sp³-hybridized carbons (Fsp3) is 0.179. The minimum atomic E-state index is -2.70. The lowest BCUT2D eigenvalue weighted by Crippen LogP contribution is -2.55. The fourth-order valence-electron chi connectivity index (χ4n) is 5.32. The molecular weight excluding hydrogens is 486 g/mol. The number of rotatable bonds is 4. The number of halogens is 2. The lowest BCUT2D eigenvalue weighted by molar-refractivity contribution is -0.125. The highest BCUT2D eigenvalue weighted by Crippen LogP contribution is 2.50. The molecule has 10 heteroatoms. The maximum absolute atomic E-state index is 13.6. The first-order valence-corrected chi connectivity index (χ1v) is 12.2. The van der Waals surface area contributed by atoms with Crippen LogP contribution in [-0.2, 0) is 12.6 Å². The number of hydrogen-bond acceptors (Lipinski definition) is 6. The van der Waals surface area contributed by atoms with Crippen LogP contribution in [0, 0.1) is 0 Å². The molecule has 0 unspecified atom stereocenters. The molecule has 4 aromatic heterocycles. The number of benzene rings is 2. The second-order valence-corrected chi connectivity index (χ2v) is 9.93. The van der Waals surface area contributed by atoms with E-state index in [1.165, 1.54) is 0 Å². The molecule has 0 amide bonds. The molecule has 1 aliphatic rings. The number of pyridine rings is 2. The lowest BCUT2D eigenvalue weighted by Gasteiger charge is -2.44. The molecule has 1 aliphatic carbocycles. The van der Waals surface area contributed by atoms with E-state index < -0.39 is 11.5 Å². The summed E-state index contributed by atoms with van der Waals surface area (Å²) in [5.74, 6) is -2.13. The third kappa shape index (κ3) is 3.56. The van der Waals surface area contributed by atoms with Gasteiger partial charge in [-0.05, 0) is 29.3 Å². The van der Waals surface area contributed by atoms with Crippen LogP contribution in [-0.4, -0.2) is 40.5 Å². The van der Waals surface area contributed by atoms with Gasteiger partial charge in [0.05, 0.1) is 28.5 Å². The van der Waals surface area contributed by atoms with Crippen molar-refractivity contribution in [3.8, 4) is 33.9 Å². The molecule has 2 N–H and O–H groups in total. The predicted molar refractivity (Wildman–Crippen MR) is 139 cm³/mol. The number of alkyl halides is 2. The van der Waals surface area contributed by atoms with Crippen LogP contribution in [0.5, 0.6) is 0 Å². The van der Waals surface area contributed by atoms with Crippen LogP contribution in [0.25, 0.3) is 50.6 Å². The maximum atomic E-state index is 13.6. The van der Waals surface area contributed by atoms with E-state index in [1.807, 2.05) is 71.1 Å². The molecular formula is C28H22F2N8. The van der Waals surface area contributed by atoms with Crippen molar-refractivity contribution >= 4 is 16.7 Å². The van der Waals surface area contributed by atoms with Gasteiger partial charge < -0.3 is 5.73 Å². The molecule has 38 heavy (non-hydrogen) atoms. The highest BCUT2D eigenvalue weighted by molar-refractivity contribution is 5.91. The van der Waals surface area contributed by atoms with Crippen molar-refractivity contribution in [3.63, 3.8) is 0 Å². The summed E-state index contributed by atoms with van der Waals surface area (Å²) in [6.07, 6.45) is 1.11. The first-order valence-electron chi connectivity index (χ1n) is 12.2. The first-order chi connectivity index (χ1) is 18.3. The van der Waals surface area contributed by atoms with Crippen molar-refractivity contribution in [3.05, 3.63) is 84.6 Å². The number of aromatic nitrogens is 7. The molecule has 0 spiro atoms. The standard InChI is InChI=1S/C28H22F2N8/c1-37-14-22(33-36-37)26-35-34-24-12-11-21-23(38(24)26)13-20(17-5-3-2-4-6-17)25(32-21)18-7-9-19(10-8-18)27(31)15-28(29,30)16-27/h2-14H,15-16,31H2,1H3. The maximum Gasteiger partial charge on any atom is 0.252 e. The van der Waals surface area contributed by atoms with Crippen molar-refractivity contribution in [1.29, 1.82) is 0 Å². The summed E-state index contributed by atoms with van der Waals surface area (Å²) >= 11 is 0. The Labute approximate surface area is 215 Å². The SMILES string of the molecule is Cn1cc(-c2nnc3ccc4nc(-c5ccc(C6(N)CC(F)(F)C6)cc5)c(-c5ccccc5)cc4n23)nn1. The monoisotopic (exact) mass is 508 g/mol. The Morgan fingerprint density at radius 3 is 2.32 bits per heavy atom. The Hall–Kier alpha value is -4.57. The van der Waals surface area contributed by atoms with Gasteiger partial charge in [-0.25, -0.2) is 13.8 Å². The summed E-state index contributed by atoms with van der Waals surface area (Å²) in [5, 5.41) is 17.0. The number of fused-ring (bicyclic) bond motifs is 3. The van der Waals surface area contributed by atoms with Crippen LogP contribution in [0.4, 0.5) is 8.78 Å². The van der Waals surface area contributed by atoms with Crippen molar-refractivity contribution in [2.45, 2.75) is 24.3 Å². The average Bonchev–Trinajstić information content (AvgIpc) is 3.53. The van der Waals surface area contributed by atoms with Gasteiger partial charge in [0.2, 0.25) is 0 Å². The highest BCUT2D eigenvalue weighted by atomic mass is 19.3. The zero-order valence-corrected chi connectivity index (χ0v) is 20.4. The van der Waals surface area contributed by atoms with Crippen molar-refractivity contribution in [2.75, 3.05) is 0 Å². The predicted octanol–water partition coefficient (Wildman–Crippen LogP) is 4.99. The quantitative estimate of drug-likeness (QED) is 0.360. The molecule has 8 nitrogen and oxygen atoms in total. The van der Waals surface area contributed by atoms with Crippen LogP contribution in [0.1, 0.15) is 18.4 Å². The molecule has 6 aromatic rings. The van der Waals surface area contributed by atoms with E-state index in [0.29, 0.717) is 22.7 Å². The average molecular weight is 509 g/mol. The molecule has 2 aromatic carbocycles. The van der Waals surface area contributed by atoms with E-state index in [2.05, 4.69) is 26.6 Å². The van der Waals surface area contributed by atoms with Gasteiger partial charge in [0.25, 0.3) is 5.92 Å². The van der Waals surface area contributed by atoms with Crippen LogP contribution < -0.4 is 5.73 Å².